The van der Waals surface area contributed by atoms with Crippen molar-refractivity contribution in [1.82, 2.24) is 4.98 Å². The van der Waals surface area contributed by atoms with Crippen LogP contribution in [0, 0.1) is 0 Å². The largest absolute Gasteiger partial charge is 0.491 e. The van der Waals surface area contributed by atoms with Gasteiger partial charge in [-0.3, -0.25) is 0 Å². The highest BCUT2D eigenvalue weighted by Gasteiger charge is 2.15. The molecule has 0 aromatic carbocycles. The van der Waals surface area contributed by atoms with Gasteiger partial charge in [-0.2, -0.15) is 4.98 Å². The van der Waals surface area contributed by atoms with Gasteiger partial charge < -0.3 is 14.3 Å². The van der Waals surface area contributed by atoms with Gasteiger partial charge in [-0.15, -0.1) is 0 Å². The molecule has 5 nitrogen and oxygen atoms in total. The Balaban J connectivity index is 2.65. The number of hydrogen-bond donors (Lipinski definition) is 1. The monoisotopic (exact) mass is 171 g/mol. The van der Waals surface area contributed by atoms with Crippen molar-refractivity contribution in [3.8, 4) is 5.88 Å². The summed E-state index contributed by atoms with van der Waals surface area (Å²) in [6, 6.07) is 0. The van der Waals surface area contributed by atoms with Crippen molar-refractivity contribution < 1.29 is 19.1 Å². The predicted octanol–water partition coefficient (Wildman–Crippen LogP) is 0.945. The van der Waals surface area contributed by atoms with E-state index < -0.39 is 5.97 Å². The first-order valence-electron chi connectivity index (χ1n) is 3.45. The lowest BCUT2D eigenvalue weighted by Crippen LogP contribution is -2.11. The van der Waals surface area contributed by atoms with E-state index in [1.54, 1.807) is 13.8 Å². The molecule has 1 aromatic rings. The minimum atomic E-state index is -0.676. The van der Waals surface area contributed by atoms with E-state index in [0.29, 0.717) is 0 Å². The molecule has 0 aliphatic carbocycles. The van der Waals surface area contributed by atoms with E-state index in [1.165, 1.54) is 0 Å². The number of ether oxygens (including phenoxy) is 1. The molecule has 0 saturated heterocycles. The van der Waals surface area contributed by atoms with Crippen LogP contribution in [0.3, 0.4) is 0 Å². The molecule has 1 heterocycles. The summed E-state index contributed by atoms with van der Waals surface area (Å²) < 4.78 is 9.33. The van der Waals surface area contributed by atoms with E-state index in [9.17, 15) is 4.79 Å². The molecular weight excluding hydrogens is 162 g/mol. The van der Waals surface area contributed by atoms with Crippen LogP contribution < -0.4 is 0 Å². The zero-order valence-electron chi connectivity index (χ0n) is 6.77. The quantitative estimate of drug-likeness (QED) is 0.670. The molecular formula is C7H9NO4. The van der Waals surface area contributed by atoms with Gasteiger partial charge in [-0.25, -0.2) is 4.79 Å². The SMILES string of the molecule is CC(C)OC(=O)c1nc(O)co1. The number of oxazole rings is 1. The van der Waals surface area contributed by atoms with Gasteiger partial charge >= 0.3 is 11.9 Å². The summed E-state index contributed by atoms with van der Waals surface area (Å²) in [4.78, 5) is 14.4. The van der Waals surface area contributed by atoms with Crippen LogP contribution in [0.15, 0.2) is 10.7 Å². The van der Waals surface area contributed by atoms with Crippen molar-refractivity contribution >= 4 is 5.97 Å². The molecule has 0 fully saturated rings. The topological polar surface area (TPSA) is 72.6 Å². The summed E-state index contributed by atoms with van der Waals surface area (Å²) >= 11 is 0. The van der Waals surface area contributed by atoms with Crippen molar-refractivity contribution in [1.29, 1.82) is 0 Å². The van der Waals surface area contributed by atoms with Crippen LogP contribution in [0.2, 0.25) is 0 Å². The van der Waals surface area contributed by atoms with E-state index in [0.717, 1.165) is 6.26 Å². The van der Waals surface area contributed by atoms with Gasteiger partial charge in [-0.05, 0) is 13.8 Å². The third kappa shape index (κ3) is 1.98. The van der Waals surface area contributed by atoms with Gasteiger partial charge in [0.1, 0.15) is 0 Å². The first kappa shape index (κ1) is 8.58. The van der Waals surface area contributed by atoms with Crippen LogP contribution in [-0.4, -0.2) is 22.2 Å². The predicted molar refractivity (Wildman–Crippen MR) is 38.7 cm³/mol. The zero-order chi connectivity index (χ0) is 9.14. The lowest BCUT2D eigenvalue weighted by Gasteiger charge is -2.03. The maximum atomic E-state index is 11.0. The molecule has 1 aromatic heterocycles. The molecule has 0 aliphatic heterocycles. The van der Waals surface area contributed by atoms with Crippen LogP contribution in [0.1, 0.15) is 24.5 Å². The van der Waals surface area contributed by atoms with Gasteiger partial charge in [0.2, 0.25) is 0 Å². The second kappa shape index (κ2) is 3.25. The molecule has 0 spiro atoms. The molecule has 0 bridgehead atoms. The fourth-order valence-corrected chi connectivity index (χ4v) is 0.624. The van der Waals surface area contributed by atoms with Gasteiger partial charge in [0.05, 0.1) is 6.10 Å². The lowest BCUT2D eigenvalue weighted by molar-refractivity contribution is 0.0332. The van der Waals surface area contributed by atoms with Crippen molar-refractivity contribution in [3.63, 3.8) is 0 Å². The van der Waals surface area contributed by atoms with Gasteiger partial charge in [0, 0.05) is 0 Å². The number of esters is 1. The van der Waals surface area contributed by atoms with E-state index >= 15 is 0 Å². The standard InChI is InChI=1S/C7H9NO4/c1-4(2)12-7(10)6-8-5(9)3-11-6/h3-4,9H,1-2H3. The highest BCUT2D eigenvalue weighted by Crippen LogP contribution is 2.09. The van der Waals surface area contributed by atoms with E-state index in [2.05, 4.69) is 9.40 Å². The Hall–Kier alpha value is -1.52. The van der Waals surface area contributed by atoms with Gasteiger partial charge in [0.25, 0.3) is 5.88 Å². The van der Waals surface area contributed by atoms with Crippen molar-refractivity contribution in [3.05, 3.63) is 12.2 Å². The van der Waals surface area contributed by atoms with Gasteiger partial charge in [0.15, 0.2) is 6.26 Å². The van der Waals surface area contributed by atoms with Crippen molar-refractivity contribution in [2.24, 2.45) is 0 Å². The molecule has 1 rings (SSSR count). The third-order valence-electron chi connectivity index (χ3n) is 1.01. The highest BCUT2D eigenvalue weighted by atomic mass is 16.6. The fourth-order valence-electron chi connectivity index (χ4n) is 0.624. The highest BCUT2D eigenvalue weighted by molar-refractivity contribution is 5.84. The van der Waals surface area contributed by atoms with E-state index in [4.69, 9.17) is 9.84 Å². The Labute approximate surface area is 69.0 Å². The Morgan fingerprint density at radius 3 is 2.83 bits per heavy atom. The maximum absolute atomic E-state index is 11.0. The molecule has 12 heavy (non-hydrogen) atoms. The Morgan fingerprint density at radius 1 is 1.75 bits per heavy atom. The minimum absolute atomic E-state index is 0.230. The maximum Gasteiger partial charge on any atom is 0.395 e. The summed E-state index contributed by atoms with van der Waals surface area (Å²) in [6.07, 6.45) is 0.739. The van der Waals surface area contributed by atoms with Crippen LogP contribution in [0.4, 0.5) is 0 Å². The Morgan fingerprint density at radius 2 is 2.42 bits per heavy atom. The molecule has 0 saturated carbocycles. The molecule has 66 valence electrons. The number of hydrogen-bond acceptors (Lipinski definition) is 5. The summed E-state index contributed by atoms with van der Waals surface area (Å²) in [5, 5.41) is 8.72. The second-order valence-corrected chi connectivity index (χ2v) is 2.46. The lowest BCUT2D eigenvalue weighted by atomic mass is 10.5. The second-order valence-electron chi connectivity index (χ2n) is 2.46. The van der Waals surface area contributed by atoms with Crippen molar-refractivity contribution in [2.45, 2.75) is 20.0 Å². The average molecular weight is 171 g/mol. The smallest absolute Gasteiger partial charge is 0.395 e. The Bertz CT molecular complexity index is 279. The summed E-state index contributed by atoms with van der Waals surface area (Å²) in [5.41, 5.74) is 0. The van der Waals surface area contributed by atoms with Gasteiger partial charge in [-0.1, -0.05) is 0 Å². The Kier molecular flexibility index (Phi) is 2.32. The molecule has 0 atom stereocenters. The number of carbonyl (C=O) groups is 1. The molecule has 1 N–H and O–H groups in total. The first-order valence-corrected chi connectivity index (χ1v) is 3.45. The van der Waals surface area contributed by atoms with Crippen LogP contribution in [-0.2, 0) is 4.74 Å². The van der Waals surface area contributed by atoms with Crippen LogP contribution in [0.5, 0.6) is 5.88 Å². The normalized spacial score (nSPS) is 10.2. The molecule has 0 unspecified atom stereocenters. The summed E-state index contributed by atoms with van der Waals surface area (Å²) in [6.45, 7) is 3.42. The molecule has 0 aliphatic rings. The van der Waals surface area contributed by atoms with Crippen LogP contribution in [0.25, 0.3) is 0 Å². The fraction of sp³-hybridized carbons (Fsp3) is 0.429. The zero-order valence-corrected chi connectivity index (χ0v) is 6.77. The number of carbonyl (C=O) groups excluding carboxylic acids is 1. The average Bonchev–Trinajstić information content (AvgIpc) is 2.34. The molecule has 0 amide bonds. The third-order valence-corrected chi connectivity index (χ3v) is 1.01. The molecule has 5 heteroatoms. The number of nitrogens with zero attached hydrogens (tertiary/aromatic N) is 1. The first-order chi connectivity index (χ1) is 5.59. The van der Waals surface area contributed by atoms with E-state index in [-0.39, 0.29) is 17.9 Å². The molecule has 0 radical (unpaired) electrons. The van der Waals surface area contributed by atoms with E-state index in [1.807, 2.05) is 0 Å². The van der Waals surface area contributed by atoms with Crippen LogP contribution >= 0.6 is 0 Å². The summed E-state index contributed by atoms with van der Waals surface area (Å²) in [5.74, 6) is -1.24. The minimum Gasteiger partial charge on any atom is -0.491 e. The number of aromatic nitrogens is 1. The summed E-state index contributed by atoms with van der Waals surface area (Å²) in [7, 11) is 0. The van der Waals surface area contributed by atoms with Crippen molar-refractivity contribution in [2.75, 3.05) is 0 Å². The number of rotatable bonds is 2. The number of aromatic hydroxyl groups is 1.